The molecule has 2 aromatic carbocycles. The molecule has 2 rings (SSSR count). The normalized spacial score (nSPS) is 11.2. The Morgan fingerprint density at radius 2 is 1.65 bits per heavy atom. The van der Waals surface area contributed by atoms with Crippen molar-refractivity contribution in [1.82, 2.24) is 0 Å². The first-order chi connectivity index (χ1) is 8.29. The van der Waals surface area contributed by atoms with Crippen LogP contribution in [0.3, 0.4) is 0 Å². The number of hydrogen-bond acceptors (Lipinski definition) is 2. The lowest BCUT2D eigenvalue weighted by atomic mass is 10.2. The highest BCUT2D eigenvalue weighted by atomic mass is 16.5. The molecule has 86 valence electrons. The van der Waals surface area contributed by atoms with E-state index in [9.17, 15) is 5.21 Å². The highest BCUT2D eigenvalue weighted by Crippen LogP contribution is 2.17. The third kappa shape index (κ3) is 2.84. The highest BCUT2D eigenvalue weighted by Gasteiger charge is 2.01. The average Bonchev–Trinajstić information content (AvgIpc) is 2.40. The second kappa shape index (κ2) is 5.16. The number of rotatable bonds is 3. The molecule has 0 heterocycles. The van der Waals surface area contributed by atoms with Crippen LogP contribution in [0.2, 0.25) is 0 Å². The number of methoxy groups -OCH3 is 1. The summed E-state index contributed by atoms with van der Waals surface area (Å²) < 4.78 is 5.88. The molecule has 0 unspecified atom stereocenters. The van der Waals surface area contributed by atoms with E-state index in [1.165, 1.54) is 0 Å². The lowest BCUT2D eigenvalue weighted by Crippen LogP contribution is -1.98. The average molecular weight is 227 g/mol. The molecule has 3 nitrogen and oxygen atoms in total. The predicted octanol–water partition coefficient (Wildman–Crippen LogP) is 2.96. The summed E-state index contributed by atoms with van der Waals surface area (Å²) in [7, 11) is 1.60. The van der Waals surface area contributed by atoms with Gasteiger partial charge in [-0.05, 0) is 24.3 Å². The van der Waals surface area contributed by atoms with Gasteiger partial charge in [0.25, 0.3) is 0 Å². The van der Waals surface area contributed by atoms with Crippen molar-refractivity contribution < 1.29 is 9.48 Å². The van der Waals surface area contributed by atoms with Crippen LogP contribution in [-0.4, -0.2) is 18.1 Å². The molecule has 3 heteroatoms. The van der Waals surface area contributed by atoms with Crippen LogP contribution < -0.4 is 4.74 Å². The second-order valence-corrected chi connectivity index (χ2v) is 3.56. The Hall–Kier alpha value is -2.29. The van der Waals surface area contributed by atoms with Crippen LogP contribution in [0, 0.1) is 5.21 Å². The molecule has 17 heavy (non-hydrogen) atoms. The van der Waals surface area contributed by atoms with Crippen LogP contribution in [0.15, 0.2) is 54.6 Å². The molecule has 0 atom stereocenters. The van der Waals surface area contributed by atoms with Gasteiger partial charge in [-0.1, -0.05) is 18.2 Å². The minimum atomic E-state index is 0.578. The number of benzene rings is 2. The Kier molecular flexibility index (Phi) is 3.40. The quantitative estimate of drug-likeness (QED) is 0.350. The van der Waals surface area contributed by atoms with Crippen LogP contribution >= 0.6 is 0 Å². The maximum Gasteiger partial charge on any atom is 0.216 e. The zero-order chi connectivity index (χ0) is 12.1. The van der Waals surface area contributed by atoms with Gasteiger partial charge in [-0.3, -0.25) is 0 Å². The topological polar surface area (TPSA) is 35.3 Å². The van der Waals surface area contributed by atoms with Crippen LogP contribution in [0.5, 0.6) is 5.75 Å². The Bertz CT molecular complexity index is 504. The smallest absolute Gasteiger partial charge is 0.216 e. The summed E-state index contributed by atoms with van der Waals surface area (Å²) in [6.45, 7) is 0. The molecule has 0 fully saturated rings. The zero-order valence-corrected chi connectivity index (χ0v) is 9.54. The maximum absolute atomic E-state index is 11.8. The molecule has 0 aromatic heterocycles. The number of ether oxygens (including phenoxy) is 1. The Morgan fingerprint density at radius 3 is 2.24 bits per heavy atom. The standard InChI is InChI=1S/C14H13NO2/c1-17-14-9-7-13(8-10-14)15(16)11-12-5-3-2-4-6-12/h2-11H,1H3. The molecular weight excluding hydrogens is 214 g/mol. The summed E-state index contributed by atoms with van der Waals surface area (Å²) in [6, 6.07) is 16.5. The summed E-state index contributed by atoms with van der Waals surface area (Å²) in [5.74, 6) is 0.738. The predicted molar refractivity (Wildman–Crippen MR) is 67.9 cm³/mol. The Morgan fingerprint density at radius 1 is 1.00 bits per heavy atom. The zero-order valence-electron chi connectivity index (χ0n) is 9.54. The van der Waals surface area contributed by atoms with E-state index in [-0.39, 0.29) is 0 Å². The highest BCUT2D eigenvalue weighted by molar-refractivity contribution is 5.76. The maximum atomic E-state index is 11.8. The van der Waals surface area contributed by atoms with Crippen LogP contribution in [0.25, 0.3) is 0 Å². The van der Waals surface area contributed by atoms with E-state index in [0.717, 1.165) is 16.1 Å². The van der Waals surface area contributed by atoms with E-state index in [4.69, 9.17) is 4.74 Å². The number of hydrogen-bond donors (Lipinski definition) is 0. The van der Waals surface area contributed by atoms with Gasteiger partial charge in [0.1, 0.15) is 5.75 Å². The summed E-state index contributed by atoms with van der Waals surface area (Å²) in [4.78, 5) is 0. The molecule has 0 saturated carbocycles. The van der Waals surface area contributed by atoms with Crippen molar-refractivity contribution in [2.24, 2.45) is 0 Å². The molecule has 0 bridgehead atoms. The lowest BCUT2D eigenvalue weighted by molar-refractivity contribution is -0.354. The molecule has 0 N–H and O–H groups in total. The second-order valence-electron chi connectivity index (χ2n) is 3.56. The monoisotopic (exact) mass is 227 g/mol. The first kappa shape index (κ1) is 11.2. The molecule has 0 aliphatic carbocycles. The third-order valence-electron chi connectivity index (χ3n) is 2.39. The third-order valence-corrected chi connectivity index (χ3v) is 2.39. The van der Waals surface area contributed by atoms with Gasteiger partial charge >= 0.3 is 0 Å². The van der Waals surface area contributed by atoms with E-state index in [1.54, 1.807) is 37.6 Å². The number of nitrogens with zero attached hydrogens (tertiary/aromatic N) is 1. The van der Waals surface area contributed by atoms with Crippen molar-refractivity contribution in [2.75, 3.05) is 7.11 Å². The van der Waals surface area contributed by atoms with E-state index in [0.29, 0.717) is 5.69 Å². The molecule has 0 aliphatic heterocycles. The molecule has 0 spiro atoms. The van der Waals surface area contributed by atoms with Gasteiger partial charge in [0.2, 0.25) is 5.69 Å². The fourth-order valence-corrected chi connectivity index (χ4v) is 1.48. The molecule has 0 aliphatic rings. The fraction of sp³-hybridized carbons (Fsp3) is 0.0714. The Balaban J connectivity index is 2.24. The van der Waals surface area contributed by atoms with E-state index < -0.39 is 0 Å². The van der Waals surface area contributed by atoms with Gasteiger partial charge in [-0.15, -0.1) is 0 Å². The summed E-state index contributed by atoms with van der Waals surface area (Å²) in [5.41, 5.74) is 1.45. The van der Waals surface area contributed by atoms with Crippen molar-refractivity contribution in [3.05, 3.63) is 65.4 Å². The van der Waals surface area contributed by atoms with E-state index >= 15 is 0 Å². The first-order valence-electron chi connectivity index (χ1n) is 5.30. The van der Waals surface area contributed by atoms with Crippen molar-refractivity contribution in [3.8, 4) is 5.75 Å². The molecule has 0 radical (unpaired) electrons. The lowest BCUT2D eigenvalue weighted by Gasteiger charge is -2.04. The minimum absolute atomic E-state index is 0.578. The van der Waals surface area contributed by atoms with Gasteiger partial charge in [-0.25, -0.2) is 0 Å². The molecule has 0 amide bonds. The van der Waals surface area contributed by atoms with Gasteiger partial charge in [0, 0.05) is 17.7 Å². The van der Waals surface area contributed by atoms with Crippen molar-refractivity contribution in [2.45, 2.75) is 0 Å². The van der Waals surface area contributed by atoms with E-state index in [1.807, 2.05) is 30.3 Å². The molecule has 0 saturated heterocycles. The summed E-state index contributed by atoms with van der Waals surface area (Å²) in [5, 5.41) is 11.8. The fourth-order valence-electron chi connectivity index (χ4n) is 1.48. The van der Waals surface area contributed by atoms with E-state index in [2.05, 4.69) is 0 Å². The summed E-state index contributed by atoms with van der Waals surface area (Å²) in [6.07, 6.45) is 1.54. The van der Waals surface area contributed by atoms with Gasteiger partial charge in [0.05, 0.1) is 7.11 Å². The van der Waals surface area contributed by atoms with Crippen molar-refractivity contribution in [1.29, 1.82) is 0 Å². The van der Waals surface area contributed by atoms with Crippen molar-refractivity contribution >= 4 is 11.9 Å². The molecular formula is C14H13NO2. The Labute approximate surface area is 100 Å². The summed E-state index contributed by atoms with van der Waals surface area (Å²) >= 11 is 0. The van der Waals surface area contributed by atoms with Crippen LogP contribution in [0.4, 0.5) is 5.69 Å². The minimum Gasteiger partial charge on any atom is -0.618 e. The van der Waals surface area contributed by atoms with Gasteiger partial charge in [-0.2, -0.15) is 4.74 Å². The van der Waals surface area contributed by atoms with Gasteiger partial charge in [0.15, 0.2) is 6.21 Å². The van der Waals surface area contributed by atoms with Crippen LogP contribution in [-0.2, 0) is 0 Å². The first-order valence-corrected chi connectivity index (χ1v) is 5.30. The SMILES string of the molecule is COc1ccc([N+]([O-])=Cc2ccccc2)cc1. The van der Waals surface area contributed by atoms with Crippen LogP contribution in [0.1, 0.15) is 5.56 Å². The molecule has 2 aromatic rings. The van der Waals surface area contributed by atoms with Gasteiger partial charge < -0.3 is 9.94 Å². The largest absolute Gasteiger partial charge is 0.618 e. The van der Waals surface area contributed by atoms with Crippen molar-refractivity contribution in [3.63, 3.8) is 0 Å².